The van der Waals surface area contributed by atoms with E-state index < -0.39 is 0 Å². The van der Waals surface area contributed by atoms with Gasteiger partial charge in [-0.05, 0) is 80.8 Å². The van der Waals surface area contributed by atoms with E-state index in [2.05, 4.69) is 17.1 Å². The van der Waals surface area contributed by atoms with Gasteiger partial charge in [-0.25, -0.2) is 4.99 Å². The highest BCUT2D eigenvalue weighted by atomic mass is 32.1. The summed E-state index contributed by atoms with van der Waals surface area (Å²) in [6, 6.07) is 0.420. The van der Waals surface area contributed by atoms with Crippen molar-refractivity contribution in [1.29, 1.82) is 0 Å². The molecular weight excluding hydrogens is 202 g/mol. The normalized spacial score (nSPS) is 48.7. The molecule has 0 aromatic heterocycles. The van der Waals surface area contributed by atoms with Crippen LogP contribution in [-0.4, -0.2) is 11.2 Å². The van der Waals surface area contributed by atoms with E-state index in [0.29, 0.717) is 11.5 Å². The first-order valence-corrected chi connectivity index (χ1v) is 6.70. The minimum Gasteiger partial charge on any atom is -0.229 e. The van der Waals surface area contributed by atoms with E-state index in [1.165, 1.54) is 38.5 Å². The van der Waals surface area contributed by atoms with Gasteiger partial charge in [-0.3, -0.25) is 0 Å². The Hall–Kier alpha value is -0.200. The molecule has 4 aliphatic rings. The molecule has 15 heavy (non-hydrogen) atoms. The maximum atomic E-state index is 4.77. The smallest absolute Gasteiger partial charge is 0.0631 e. The van der Waals surface area contributed by atoms with Crippen LogP contribution in [0, 0.1) is 23.2 Å². The molecule has 0 saturated heterocycles. The first kappa shape index (κ1) is 9.99. The van der Waals surface area contributed by atoms with E-state index in [4.69, 9.17) is 12.2 Å². The zero-order valence-corrected chi connectivity index (χ0v) is 10.2. The molecule has 0 aromatic rings. The summed E-state index contributed by atoms with van der Waals surface area (Å²) in [7, 11) is 0. The van der Waals surface area contributed by atoms with Gasteiger partial charge in [0.25, 0.3) is 0 Å². The zero-order chi connectivity index (χ0) is 10.5. The van der Waals surface area contributed by atoms with E-state index >= 15 is 0 Å². The van der Waals surface area contributed by atoms with Gasteiger partial charge in [0.1, 0.15) is 0 Å². The van der Waals surface area contributed by atoms with Gasteiger partial charge < -0.3 is 0 Å². The number of isothiocyanates is 1. The van der Waals surface area contributed by atoms with Crippen molar-refractivity contribution in [1.82, 2.24) is 0 Å². The summed E-state index contributed by atoms with van der Waals surface area (Å²) < 4.78 is 0. The van der Waals surface area contributed by atoms with E-state index in [-0.39, 0.29) is 0 Å². The van der Waals surface area contributed by atoms with Crippen molar-refractivity contribution in [3.05, 3.63) is 0 Å². The van der Waals surface area contributed by atoms with Crippen molar-refractivity contribution < 1.29 is 0 Å². The van der Waals surface area contributed by atoms with Gasteiger partial charge in [0, 0.05) is 0 Å². The molecule has 0 unspecified atom stereocenters. The van der Waals surface area contributed by atoms with Crippen LogP contribution in [0.2, 0.25) is 0 Å². The van der Waals surface area contributed by atoms with Crippen molar-refractivity contribution in [2.24, 2.45) is 28.2 Å². The van der Waals surface area contributed by atoms with Gasteiger partial charge in [0.05, 0.1) is 11.2 Å². The Kier molecular flexibility index (Phi) is 2.26. The van der Waals surface area contributed by atoms with Crippen molar-refractivity contribution in [2.45, 2.75) is 51.5 Å². The third-order valence-corrected chi connectivity index (χ3v) is 5.32. The van der Waals surface area contributed by atoms with E-state index in [0.717, 1.165) is 17.8 Å². The van der Waals surface area contributed by atoms with Crippen LogP contribution in [0.4, 0.5) is 0 Å². The summed E-state index contributed by atoms with van der Waals surface area (Å²) in [4.78, 5) is 4.38. The molecule has 1 atom stereocenters. The summed E-state index contributed by atoms with van der Waals surface area (Å²) in [5, 5.41) is 2.60. The van der Waals surface area contributed by atoms with E-state index in [1.54, 1.807) is 0 Å². The zero-order valence-electron chi connectivity index (χ0n) is 9.41. The lowest BCUT2D eigenvalue weighted by molar-refractivity contribution is -0.0631. The summed E-state index contributed by atoms with van der Waals surface area (Å²) in [5.74, 6) is 3.04. The average molecular weight is 221 g/mol. The number of nitrogens with zero attached hydrogens (tertiary/aromatic N) is 1. The number of thiocarbonyl (C=S) groups is 1. The second-order valence-corrected chi connectivity index (χ2v) is 6.36. The third kappa shape index (κ3) is 1.50. The Balaban J connectivity index is 1.89. The molecule has 0 amide bonds. The summed E-state index contributed by atoms with van der Waals surface area (Å²) >= 11 is 4.77. The second-order valence-electron chi connectivity index (χ2n) is 6.18. The van der Waals surface area contributed by atoms with Crippen LogP contribution < -0.4 is 0 Å². The molecule has 0 spiro atoms. The Morgan fingerprint density at radius 2 is 1.60 bits per heavy atom. The molecule has 1 nitrogen and oxygen atoms in total. The molecule has 0 aromatic carbocycles. The number of rotatable bonds is 2. The van der Waals surface area contributed by atoms with Crippen LogP contribution in [0.15, 0.2) is 4.99 Å². The fourth-order valence-corrected chi connectivity index (χ4v) is 5.06. The maximum absolute atomic E-state index is 4.77. The lowest BCUT2D eigenvalue weighted by atomic mass is 9.48. The largest absolute Gasteiger partial charge is 0.229 e. The van der Waals surface area contributed by atoms with Crippen molar-refractivity contribution in [2.75, 3.05) is 0 Å². The lowest BCUT2D eigenvalue weighted by Crippen LogP contribution is -2.50. The topological polar surface area (TPSA) is 12.4 Å². The molecule has 0 radical (unpaired) electrons. The summed E-state index contributed by atoms with van der Waals surface area (Å²) in [5.41, 5.74) is 0.514. The number of hydrogen-bond donors (Lipinski definition) is 0. The SMILES string of the molecule is C[C@H](N=C=S)C12CC3CC(CC(C3)C1)C2. The Morgan fingerprint density at radius 1 is 1.13 bits per heavy atom. The average Bonchev–Trinajstić information content (AvgIpc) is 2.15. The van der Waals surface area contributed by atoms with Crippen LogP contribution in [0.1, 0.15) is 45.4 Å². The minimum absolute atomic E-state index is 0.420. The van der Waals surface area contributed by atoms with Gasteiger partial charge in [0.2, 0.25) is 0 Å². The first-order chi connectivity index (χ1) is 7.22. The monoisotopic (exact) mass is 221 g/mol. The Morgan fingerprint density at radius 3 is 2.00 bits per heavy atom. The third-order valence-electron chi connectivity index (χ3n) is 5.22. The Labute approximate surface area is 97.4 Å². The second kappa shape index (κ2) is 3.40. The van der Waals surface area contributed by atoms with Crippen molar-refractivity contribution >= 4 is 17.4 Å². The Bertz CT molecular complexity index is 281. The summed E-state index contributed by atoms with van der Waals surface area (Å²) in [6.07, 6.45) is 8.77. The molecule has 4 rings (SSSR count). The molecule has 0 N–H and O–H groups in total. The molecule has 0 heterocycles. The van der Waals surface area contributed by atoms with Gasteiger partial charge in [-0.2, -0.15) is 0 Å². The standard InChI is InChI=1S/C13H19NS/c1-9(14-8-15)13-5-10-2-11(6-13)4-12(3-10)7-13/h9-12H,2-7H2,1H3/t9-,10?,11?,12?,13?/m0/s1. The molecule has 4 saturated carbocycles. The highest BCUT2D eigenvalue weighted by Gasteiger charge is 2.53. The number of aliphatic imine (C=N–C) groups is 1. The van der Waals surface area contributed by atoms with Gasteiger partial charge >= 0.3 is 0 Å². The first-order valence-electron chi connectivity index (χ1n) is 6.29. The van der Waals surface area contributed by atoms with E-state index in [9.17, 15) is 0 Å². The molecule has 4 fully saturated rings. The molecule has 82 valence electrons. The van der Waals surface area contributed by atoms with Crippen LogP contribution in [0.3, 0.4) is 0 Å². The van der Waals surface area contributed by atoms with Crippen molar-refractivity contribution in [3.63, 3.8) is 0 Å². The lowest BCUT2D eigenvalue weighted by Gasteiger charge is -2.58. The minimum atomic E-state index is 0.420. The molecule has 2 heteroatoms. The summed E-state index contributed by atoms with van der Waals surface area (Å²) in [6.45, 7) is 2.26. The fraction of sp³-hybridized carbons (Fsp3) is 0.923. The number of hydrogen-bond acceptors (Lipinski definition) is 2. The predicted molar refractivity (Wildman–Crippen MR) is 65.1 cm³/mol. The predicted octanol–water partition coefficient (Wildman–Crippen LogP) is 3.69. The van der Waals surface area contributed by atoms with Crippen molar-refractivity contribution in [3.8, 4) is 0 Å². The fourth-order valence-electron chi connectivity index (χ4n) is 4.91. The molecule has 4 bridgehead atoms. The van der Waals surface area contributed by atoms with Crippen LogP contribution >= 0.6 is 12.2 Å². The molecule has 4 aliphatic carbocycles. The van der Waals surface area contributed by atoms with Gasteiger partial charge in [0.15, 0.2) is 0 Å². The highest BCUT2D eigenvalue weighted by Crippen LogP contribution is 2.61. The maximum Gasteiger partial charge on any atom is 0.0631 e. The van der Waals surface area contributed by atoms with E-state index in [1.807, 2.05) is 0 Å². The van der Waals surface area contributed by atoms with Gasteiger partial charge in [-0.1, -0.05) is 0 Å². The van der Waals surface area contributed by atoms with Gasteiger partial charge in [-0.15, -0.1) is 0 Å². The highest BCUT2D eigenvalue weighted by molar-refractivity contribution is 7.78. The quantitative estimate of drug-likeness (QED) is 0.511. The van der Waals surface area contributed by atoms with Crippen LogP contribution in [0.5, 0.6) is 0 Å². The van der Waals surface area contributed by atoms with Crippen LogP contribution in [0.25, 0.3) is 0 Å². The van der Waals surface area contributed by atoms with Crippen LogP contribution in [-0.2, 0) is 0 Å². The molecular formula is C13H19NS. The molecule has 0 aliphatic heterocycles.